The predicted molar refractivity (Wildman–Crippen MR) is 254 cm³/mol. The number of esters is 1. The van der Waals surface area contributed by atoms with E-state index < -0.39 is 13.9 Å². The molecular weight excluding hydrogens is 770 g/mol. The first-order chi connectivity index (χ1) is 29.1. The highest BCUT2D eigenvalue weighted by Crippen LogP contribution is 2.38. The molecule has 0 saturated heterocycles. The van der Waals surface area contributed by atoms with Crippen molar-refractivity contribution in [1.82, 2.24) is 0 Å². The van der Waals surface area contributed by atoms with Crippen LogP contribution in [0.5, 0.6) is 0 Å². The third-order valence-corrected chi connectivity index (χ3v) is 12.2. The van der Waals surface area contributed by atoms with E-state index >= 15 is 0 Å². The highest BCUT2D eigenvalue weighted by atomic mass is 31.2. The zero-order chi connectivity index (χ0) is 44.1. The SMILES string of the molecule is CCCCCC/C=C\C/C=C\CCCCCCCCOCC(COP(=O)([O-])OCC[N+](C)(C)C)OC(=O)CCCCCCCCCCCCCCCCCCCCCCC. The number of carbonyl (C=O) groups excluding carboxylic acids is 1. The largest absolute Gasteiger partial charge is 0.756 e. The van der Waals surface area contributed by atoms with E-state index in [-0.39, 0.29) is 25.8 Å². The van der Waals surface area contributed by atoms with Crippen molar-refractivity contribution in [3.63, 3.8) is 0 Å². The lowest BCUT2D eigenvalue weighted by molar-refractivity contribution is -0.870. The molecule has 0 bridgehead atoms. The van der Waals surface area contributed by atoms with E-state index in [1.807, 2.05) is 21.1 Å². The summed E-state index contributed by atoms with van der Waals surface area (Å²) in [4.78, 5) is 25.2. The van der Waals surface area contributed by atoms with Gasteiger partial charge >= 0.3 is 5.97 Å². The van der Waals surface area contributed by atoms with Crippen molar-refractivity contribution in [2.24, 2.45) is 0 Å². The van der Waals surface area contributed by atoms with Crippen LogP contribution in [0.1, 0.15) is 239 Å². The van der Waals surface area contributed by atoms with Crippen molar-refractivity contribution in [1.29, 1.82) is 0 Å². The number of phosphoric acid groups is 1. The molecule has 0 heterocycles. The van der Waals surface area contributed by atoms with Crippen molar-refractivity contribution in [2.45, 2.75) is 245 Å². The number of carbonyl (C=O) groups is 1. The third kappa shape index (κ3) is 48.0. The molecule has 0 aromatic heterocycles. The average Bonchev–Trinajstić information content (AvgIpc) is 3.20. The van der Waals surface area contributed by atoms with Crippen molar-refractivity contribution in [2.75, 3.05) is 54.1 Å². The van der Waals surface area contributed by atoms with E-state index in [1.165, 1.54) is 173 Å². The molecular formula is C51H100NO7P. The van der Waals surface area contributed by atoms with Crippen LogP contribution in [0.4, 0.5) is 0 Å². The van der Waals surface area contributed by atoms with E-state index in [1.54, 1.807) is 0 Å². The maximum atomic E-state index is 12.7. The van der Waals surface area contributed by atoms with E-state index in [2.05, 4.69) is 38.2 Å². The van der Waals surface area contributed by atoms with Gasteiger partial charge in [-0.1, -0.05) is 212 Å². The van der Waals surface area contributed by atoms with Gasteiger partial charge in [-0.2, -0.15) is 0 Å². The van der Waals surface area contributed by atoms with Crippen molar-refractivity contribution in [3.05, 3.63) is 24.3 Å². The Labute approximate surface area is 373 Å². The molecule has 0 aliphatic carbocycles. The third-order valence-electron chi connectivity index (χ3n) is 11.3. The van der Waals surface area contributed by atoms with Crippen molar-refractivity contribution >= 4 is 13.8 Å². The van der Waals surface area contributed by atoms with E-state index in [0.29, 0.717) is 24.1 Å². The Bertz CT molecular complexity index is 1010. The fourth-order valence-corrected chi connectivity index (χ4v) is 8.01. The number of allylic oxidation sites excluding steroid dienone is 4. The summed E-state index contributed by atoms with van der Waals surface area (Å²) in [5.74, 6) is -0.333. The highest BCUT2D eigenvalue weighted by molar-refractivity contribution is 7.45. The Morgan fingerprint density at radius 2 is 0.917 bits per heavy atom. The fraction of sp³-hybridized carbons (Fsp3) is 0.902. The van der Waals surface area contributed by atoms with Crippen LogP contribution < -0.4 is 4.89 Å². The summed E-state index contributed by atoms with van der Waals surface area (Å²) in [5.41, 5.74) is 0. The van der Waals surface area contributed by atoms with Gasteiger partial charge in [0.25, 0.3) is 7.82 Å². The summed E-state index contributed by atoms with van der Waals surface area (Å²) in [6.07, 6.45) is 52.0. The molecule has 2 atom stereocenters. The van der Waals surface area contributed by atoms with Gasteiger partial charge in [0, 0.05) is 13.0 Å². The first-order valence-electron chi connectivity index (χ1n) is 25.6. The molecule has 60 heavy (non-hydrogen) atoms. The molecule has 0 N–H and O–H groups in total. The first kappa shape index (κ1) is 59.0. The second-order valence-corrected chi connectivity index (χ2v) is 19.9. The summed E-state index contributed by atoms with van der Waals surface area (Å²) in [6, 6.07) is 0. The Morgan fingerprint density at radius 1 is 0.517 bits per heavy atom. The zero-order valence-electron chi connectivity index (χ0n) is 40.4. The molecule has 8 nitrogen and oxygen atoms in total. The van der Waals surface area contributed by atoms with Crippen LogP contribution in [-0.4, -0.2) is 70.7 Å². The topological polar surface area (TPSA) is 94.1 Å². The van der Waals surface area contributed by atoms with Crippen LogP contribution in [-0.2, 0) is 27.9 Å². The van der Waals surface area contributed by atoms with Crippen LogP contribution >= 0.6 is 7.82 Å². The minimum Gasteiger partial charge on any atom is -0.756 e. The van der Waals surface area contributed by atoms with Crippen molar-refractivity contribution < 1.29 is 37.3 Å². The quantitative estimate of drug-likeness (QED) is 0.0198. The monoisotopic (exact) mass is 870 g/mol. The van der Waals surface area contributed by atoms with Gasteiger partial charge in [0.05, 0.1) is 34.4 Å². The van der Waals surface area contributed by atoms with Crippen molar-refractivity contribution in [3.8, 4) is 0 Å². The predicted octanol–water partition coefficient (Wildman–Crippen LogP) is 14.9. The smallest absolute Gasteiger partial charge is 0.306 e. The molecule has 0 radical (unpaired) electrons. The highest BCUT2D eigenvalue weighted by Gasteiger charge is 2.20. The van der Waals surface area contributed by atoms with Crippen LogP contribution in [0.3, 0.4) is 0 Å². The maximum Gasteiger partial charge on any atom is 0.306 e. The summed E-state index contributed by atoms with van der Waals surface area (Å²) in [5, 5.41) is 0. The van der Waals surface area contributed by atoms with Gasteiger partial charge in [0.15, 0.2) is 0 Å². The number of unbranched alkanes of at least 4 members (excludes halogenated alkanes) is 30. The second kappa shape index (κ2) is 44.6. The van der Waals surface area contributed by atoms with Crippen LogP contribution in [0.25, 0.3) is 0 Å². The van der Waals surface area contributed by atoms with Gasteiger partial charge in [0.1, 0.15) is 19.3 Å². The van der Waals surface area contributed by atoms with Gasteiger partial charge in [-0.25, -0.2) is 0 Å². The zero-order valence-corrected chi connectivity index (χ0v) is 41.3. The average molecular weight is 870 g/mol. The molecule has 0 rings (SSSR count). The van der Waals surface area contributed by atoms with Gasteiger partial charge in [-0.05, 0) is 44.9 Å². The molecule has 0 aromatic rings. The lowest BCUT2D eigenvalue weighted by Gasteiger charge is -2.28. The molecule has 2 unspecified atom stereocenters. The van der Waals surface area contributed by atoms with Gasteiger partial charge in [0.2, 0.25) is 0 Å². The summed E-state index contributed by atoms with van der Waals surface area (Å²) >= 11 is 0. The van der Waals surface area contributed by atoms with Gasteiger partial charge in [-0.3, -0.25) is 9.36 Å². The molecule has 0 amide bonds. The standard InChI is InChI=1S/C51H100NO7P/c1-6-8-10-12-14-16-18-20-22-24-25-26-27-28-30-32-34-36-38-40-42-44-51(53)59-50(49-58-60(54,55)57-47-45-52(3,4)5)48-56-46-43-41-39-37-35-33-31-29-23-21-19-17-15-13-11-9-7-2/h17,19,23,29,50H,6-16,18,20-22,24-28,30-49H2,1-5H3/b19-17-,29-23-. The number of phosphoric ester groups is 1. The number of hydrogen-bond acceptors (Lipinski definition) is 7. The molecule has 0 aliphatic heterocycles. The van der Waals surface area contributed by atoms with E-state index in [9.17, 15) is 14.3 Å². The maximum absolute atomic E-state index is 12.7. The first-order valence-corrected chi connectivity index (χ1v) is 27.0. The normalized spacial score (nSPS) is 13.8. The lowest BCUT2D eigenvalue weighted by atomic mass is 10.0. The number of rotatable bonds is 48. The molecule has 0 aliphatic rings. The lowest BCUT2D eigenvalue weighted by Crippen LogP contribution is -2.37. The van der Waals surface area contributed by atoms with E-state index in [0.717, 1.165) is 44.9 Å². The Kier molecular flexibility index (Phi) is 43.8. The van der Waals surface area contributed by atoms with Gasteiger partial charge in [-0.15, -0.1) is 0 Å². The number of hydrogen-bond donors (Lipinski definition) is 0. The second-order valence-electron chi connectivity index (χ2n) is 18.5. The van der Waals surface area contributed by atoms with Crippen LogP contribution in [0.2, 0.25) is 0 Å². The minimum atomic E-state index is -4.53. The molecule has 0 fully saturated rings. The fourth-order valence-electron chi connectivity index (χ4n) is 7.28. The molecule has 0 saturated carbocycles. The van der Waals surface area contributed by atoms with E-state index in [4.69, 9.17) is 18.5 Å². The summed E-state index contributed by atoms with van der Waals surface area (Å²) in [7, 11) is 1.36. The Morgan fingerprint density at radius 3 is 1.37 bits per heavy atom. The molecule has 9 heteroatoms. The number of nitrogens with zero attached hydrogens (tertiary/aromatic N) is 1. The van der Waals surface area contributed by atoms with Crippen LogP contribution in [0, 0.1) is 0 Å². The summed E-state index contributed by atoms with van der Waals surface area (Å²) in [6.45, 7) is 5.42. The van der Waals surface area contributed by atoms with Gasteiger partial charge < -0.3 is 27.9 Å². The Hall–Kier alpha value is -1.02. The number of ether oxygens (including phenoxy) is 2. The minimum absolute atomic E-state index is 0.0261. The number of likely N-dealkylation sites (N-methyl/N-ethyl adjacent to an activating group) is 1. The Balaban J connectivity index is 4.12. The summed E-state index contributed by atoms with van der Waals surface area (Å²) < 4.78 is 34.7. The molecule has 356 valence electrons. The number of quaternary nitrogens is 1. The molecule has 0 aromatic carbocycles. The molecule has 0 spiro atoms. The van der Waals surface area contributed by atoms with Crippen LogP contribution in [0.15, 0.2) is 24.3 Å².